The fourth-order valence-corrected chi connectivity index (χ4v) is 3.24. The van der Waals surface area contributed by atoms with Gasteiger partial charge < -0.3 is 4.74 Å². The number of hydrogen-bond acceptors (Lipinski definition) is 3. The molecule has 0 fully saturated rings. The van der Waals surface area contributed by atoms with Gasteiger partial charge in [0.1, 0.15) is 12.4 Å². The highest BCUT2D eigenvalue weighted by molar-refractivity contribution is 5.61. The summed E-state index contributed by atoms with van der Waals surface area (Å²) in [5.74, 6) is 0.814. The highest BCUT2D eigenvalue weighted by Crippen LogP contribution is 2.27. The Morgan fingerprint density at radius 1 is 1.04 bits per heavy atom. The maximum absolute atomic E-state index is 12.1. The summed E-state index contributed by atoms with van der Waals surface area (Å²) in [4.78, 5) is 16.5. The molecule has 4 rings (SSSR count). The van der Waals surface area contributed by atoms with Gasteiger partial charge in [0.05, 0.1) is 11.4 Å². The van der Waals surface area contributed by atoms with Crippen molar-refractivity contribution >= 4 is 0 Å². The molecule has 28 heavy (non-hydrogen) atoms. The summed E-state index contributed by atoms with van der Waals surface area (Å²) in [6, 6.07) is 17.8. The molecule has 0 radical (unpaired) electrons. The maximum Gasteiger partial charge on any atom is 0.364 e. The lowest BCUT2D eigenvalue weighted by Crippen LogP contribution is -2.40. The molecule has 0 amide bonds. The van der Waals surface area contributed by atoms with E-state index in [1.54, 1.807) is 13.2 Å². The number of pyridine rings is 1. The van der Waals surface area contributed by atoms with Gasteiger partial charge in [-0.2, -0.15) is 4.68 Å². The first kappa shape index (κ1) is 17.9. The van der Waals surface area contributed by atoms with Crippen molar-refractivity contribution in [2.75, 3.05) is 0 Å². The number of hydrogen-bond donors (Lipinski definition) is 1. The maximum atomic E-state index is 12.1. The minimum atomic E-state index is -0.0947. The van der Waals surface area contributed by atoms with E-state index >= 15 is 0 Å². The van der Waals surface area contributed by atoms with E-state index in [1.807, 2.05) is 62.4 Å². The molecule has 142 valence electrons. The van der Waals surface area contributed by atoms with Gasteiger partial charge in [-0.3, -0.25) is 4.98 Å². The molecule has 2 aromatic carbocycles. The van der Waals surface area contributed by atoms with Crippen molar-refractivity contribution in [2.24, 2.45) is 7.05 Å². The van der Waals surface area contributed by atoms with E-state index in [-0.39, 0.29) is 5.69 Å². The van der Waals surface area contributed by atoms with E-state index < -0.39 is 0 Å². The largest absolute Gasteiger partial charge is 0.489 e. The van der Waals surface area contributed by atoms with Crippen molar-refractivity contribution in [2.45, 2.75) is 20.5 Å². The van der Waals surface area contributed by atoms with Gasteiger partial charge >= 0.3 is 5.69 Å². The second-order valence-electron chi connectivity index (χ2n) is 6.83. The molecule has 0 aliphatic rings. The van der Waals surface area contributed by atoms with Crippen molar-refractivity contribution in [3.8, 4) is 22.7 Å². The fourth-order valence-electron chi connectivity index (χ4n) is 3.24. The smallest absolute Gasteiger partial charge is 0.364 e. The minimum absolute atomic E-state index is 0.0947. The summed E-state index contributed by atoms with van der Waals surface area (Å²) >= 11 is 0. The molecule has 4 aromatic rings. The van der Waals surface area contributed by atoms with E-state index in [9.17, 15) is 4.79 Å². The average molecular weight is 374 g/mol. The van der Waals surface area contributed by atoms with Crippen LogP contribution in [0, 0.1) is 13.8 Å². The zero-order valence-corrected chi connectivity index (χ0v) is 16.1. The molecule has 2 aromatic heterocycles. The first-order chi connectivity index (χ1) is 13.5. The molecule has 0 atom stereocenters. The quantitative estimate of drug-likeness (QED) is 0.578. The fraction of sp³-hybridized carbons (Fsp3) is 0.182. The number of nitrogens with one attached hydrogen (secondary N) is 1. The van der Waals surface area contributed by atoms with Crippen molar-refractivity contribution in [1.29, 1.82) is 0 Å². The Hall–Kier alpha value is -3.54. The molecule has 0 unspecified atom stereocenters. The van der Waals surface area contributed by atoms with Crippen LogP contribution in [-0.2, 0) is 13.7 Å². The second-order valence-corrected chi connectivity index (χ2v) is 6.83. The molecule has 0 saturated carbocycles. The molecule has 2 heterocycles. The number of H-pyrrole nitrogens is 1. The second kappa shape index (κ2) is 7.23. The number of nitrogens with zero attached hydrogens (tertiary/aromatic N) is 3. The van der Waals surface area contributed by atoms with Crippen LogP contribution < -0.4 is 10.4 Å². The molecule has 0 saturated heterocycles. The Morgan fingerprint density at radius 3 is 2.57 bits per heavy atom. The molecule has 0 bridgehead atoms. The van der Waals surface area contributed by atoms with Crippen LogP contribution >= 0.6 is 0 Å². The number of aromatic amines is 1. The Kier molecular flexibility index (Phi) is 4.61. The lowest BCUT2D eigenvalue weighted by Gasteiger charge is -2.19. The van der Waals surface area contributed by atoms with Crippen LogP contribution in [-0.4, -0.2) is 19.6 Å². The summed E-state index contributed by atoms with van der Waals surface area (Å²) in [6.45, 7) is 4.42. The Morgan fingerprint density at radius 2 is 1.89 bits per heavy atom. The third-order valence-electron chi connectivity index (χ3n) is 4.86. The van der Waals surface area contributed by atoms with Crippen LogP contribution in [0.1, 0.15) is 16.7 Å². The summed E-state index contributed by atoms with van der Waals surface area (Å²) < 4.78 is 9.08. The number of aromatic nitrogens is 4. The lowest BCUT2D eigenvalue weighted by atomic mass is 10.1. The van der Waals surface area contributed by atoms with E-state index in [0.29, 0.717) is 6.61 Å². The van der Waals surface area contributed by atoms with Crippen molar-refractivity contribution < 1.29 is 4.74 Å². The minimum Gasteiger partial charge on any atom is -0.489 e. The van der Waals surface area contributed by atoms with Gasteiger partial charge in [0.2, 0.25) is 0 Å². The Bertz CT molecular complexity index is 1170. The Balaban J connectivity index is 1.59. The number of benzene rings is 2. The number of ether oxygens (including phenoxy) is 1. The number of aryl methyl sites for hydroxylation is 3. The van der Waals surface area contributed by atoms with E-state index in [2.05, 4.69) is 16.3 Å². The van der Waals surface area contributed by atoms with Gasteiger partial charge in [-0.1, -0.05) is 18.2 Å². The van der Waals surface area contributed by atoms with Crippen molar-refractivity contribution in [3.05, 3.63) is 88.0 Å². The predicted molar refractivity (Wildman–Crippen MR) is 109 cm³/mol. The van der Waals surface area contributed by atoms with Crippen molar-refractivity contribution in [3.63, 3.8) is 0 Å². The molecular weight excluding hydrogens is 352 g/mol. The molecule has 0 aliphatic heterocycles. The zero-order valence-electron chi connectivity index (χ0n) is 16.1. The van der Waals surface area contributed by atoms with Crippen LogP contribution in [0.2, 0.25) is 0 Å². The van der Waals surface area contributed by atoms with Gasteiger partial charge in [0.25, 0.3) is 0 Å². The Labute approximate surface area is 163 Å². The molecule has 0 aliphatic carbocycles. The van der Waals surface area contributed by atoms with Gasteiger partial charge in [-0.15, -0.1) is 0 Å². The van der Waals surface area contributed by atoms with Crippen LogP contribution in [0.4, 0.5) is 0 Å². The summed E-state index contributed by atoms with van der Waals surface area (Å²) in [5.41, 5.74) is 5.80. The molecular formula is C22H22N4O2. The summed E-state index contributed by atoms with van der Waals surface area (Å²) in [5, 5.41) is 2.97. The highest BCUT2D eigenvalue weighted by atomic mass is 16.5. The third kappa shape index (κ3) is 3.24. The highest BCUT2D eigenvalue weighted by Gasteiger charge is 2.14. The first-order valence-electron chi connectivity index (χ1n) is 9.12. The topological polar surface area (TPSA) is 64.8 Å². The normalized spacial score (nSPS) is 11.0. The molecule has 0 spiro atoms. The first-order valence-corrected chi connectivity index (χ1v) is 9.12. The zero-order chi connectivity index (χ0) is 19.7. The standard InChI is InChI=1S/C22H22N4O2/c1-15-7-6-9-20(26-22(27)25(3)24-26)18(15)14-28-21-11-10-17(13-16(21)2)19-8-4-5-12-23-19/h4-13,24H,14H2,1-3H3. The monoisotopic (exact) mass is 374 g/mol. The third-order valence-corrected chi connectivity index (χ3v) is 4.86. The predicted octanol–water partition coefficient (Wildman–Crippen LogP) is 3.76. The van der Waals surface area contributed by atoms with Crippen LogP contribution in [0.25, 0.3) is 16.9 Å². The van der Waals surface area contributed by atoms with Gasteiger partial charge in [-0.25, -0.2) is 14.7 Å². The lowest BCUT2D eigenvalue weighted by molar-refractivity contribution is 0.301. The van der Waals surface area contributed by atoms with Crippen LogP contribution in [0.5, 0.6) is 5.75 Å². The SMILES string of the molecule is Cc1cc(-c2ccccn2)ccc1OCc1c(C)cccc1-n1[nH]n(C)c1=O. The van der Waals surface area contributed by atoms with E-state index in [0.717, 1.165) is 39.4 Å². The van der Waals surface area contributed by atoms with Crippen LogP contribution in [0.15, 0.2) is 65.6 Å². The summed E-state index contributed by atoms with van der Waals surface area (Å²) in [7, 11) is 1.69. The van der Waals surface area contributed by atoms with Gasteiger partial charge in [-0.05, 0) is 61.4 Å². The number of rotatable bonds is 5. The average Bonchev–Trinajstić information content (AvgIpc) is 2.72. The van der Waals surface area contributed by atoms with Crippen LogP contribution in [0.3, 0.4) is 0 Å². The van der Waals surface area contributed by atoms with Gasteiger partial charge in [0, 0.05) is 24.4 Å². The molecule has 6 nitrogen and oxygen atoms in total. The molecule has 6 heteroatoms. The van der Waals surface area contributed by atoms with E-state index in [1.165, 1.54) is 9.36 Å². The van der Waals surface area contributed by atoms with E-state index in [4.69, 9.17) is 4.74 Å². The van der Waals surface area contributed by atoms with Gasteiger partial charge in [0.15, 0.2) is 0 Å². The van der Waals surface area contributed by atoms with Crippen molar-refractivity contribution in [1.82, 2.24) is 19.6 Å². The molecule has 1 N–H and O–H groups in total. The summed E-state index contributed by atoms with van der Waals surface area (Å²) in [6.07, 6.45) is 1.79.